The van der Waals surface area contributed by atoms with Gasteiger partial charge in [0.25, 0.3) is 0 Å². The van der Waals surface area contributed by atoms with E-state index in [0.29, 0.717) is 6.04 Å². The zero-order valence-electron chi connectivity index (χ0n) is 11.2. The van der Waals surface area contributed by atoms with Crippen molar-refractivity contribution in [3.05, 3.63) is 41.2 Å². The smallest absolute Gasteiger partial charge is 0.207 e. The largest absolute Gasteiger partial charge is 0.325 e. The average Bonchev–Trinajstić information content (AvgIpc) is 3.10. The third kappa shape index (κ3) is 2.01. The highest BCUT2D eigenvalue weighted by Gasteiger charge is 2.26. The first-order valence-corrected chi connectivity index (χ1v) is 6.54. The van der Waals surface area contributed by atoms with Crippen LogP contribution in [-0.2, 0) is 0 Å². The molecule has 0 unspecified atom stereocenters. The second-order valence-electron chi connectivity index (χ2n) is 5.22. The van der Waals surface area contributed by atoms with E-state index in [1.54, 1.807) is 0 Å². The molecule has 0 atom stereocenters. The highest BCUT2D eigenvalue weighted by molar-refractivity contribution is 5.60. The summed E-state index contributed by atoms with van der Waals surface area (Å²) in [6.07, 6.45) is 4.69. The normalized spacial score (nSPS) is 14.8. The Kier molecular flexibility index (Phi) is 2.62. The quantitative estimate of drug-likeness (QED) is 0.883. The maximum atomic E-state index is 4.59. The fourth-order valence-corrected chi connectivity index (χ4v) is 2.25. The van der Waals surface area contributed by atoms with Crippen LogP contribution in [0.25, 0.3) is 0 Å². The van der Waals surface area contributed by atoms with E-state index in [4.69, 9.17) is 0 Å². The summed E-state index contributed by atoms with van der Waals surface area (Å²) in [6, 6.07) is 6.99. The standard InChI is InChI=1S/C15H19N3/c1-10-5-4-6-14(12(10)3)17-15-16-11(2)9-18(15)13-7-8-13/h4-6,9,13H,7-8H2,1-3H3,(H,16,17). The van der Waals surface area contributed by atoms with Crippen LogP contribution in [0.5, 0.6) is 0 Å². The highest BCUT2D eigenvalue weighted by atomic mass is 15.2. The lowest BCUT2D eigenvalue weighted by Crippen LogP contribution is -2.02. The molecule has 3 heteroatoms. The highest BCUT2D eigenvalue weighted by Crippen LogP contribution is 2.38. The Bertz CT molecular complexity index is 579. The molecule has 1 aliphatic carbocycles. The molecule has 3 rings (SSSR count). The van der Waals surface area contributed by atoms with Gasteiger partial charge in [0.05, 0.1) is 5.69 Å². The van der Waals surface area contributed by atoms with Crippen LogP contribution >= 0.6 is 0 Å². The maximum absolute atomic E-state index is 4.59. The molecule has 0 radical (unpaired) electrons. The van der Waals surface area contributed by atoms with Gasteiger partial charge in [0.1, 0.15) is 0 Å². The molecule has 0 aliphatic heterocycles. The van der Waals surface area contributed by atoms with Gasteiger partial charge in [0.15, 0.2) is 0 Å². The van der Waals surface area contributed by atoms with Gasteiger partial charge in [-0.3, -0.25) is 0 Å². The zero-order valence-corrected chi connectivity index (χ0v) is 11.2. The Hall–Kier alpha value is -1.77. The molecule has 1 saturated carbocycles. The van der Waals surface area contributed by atoms with E-state index in [-0.39, 0.29) is 0 Å². The summed E-state index contributed by atoms with van der Waals surface area (Å²) in [6.45, 7) is 6.33. The van der Waals surface area contributed by atoms with Crippen molar-refractivity contribution in [3.63, 3.8) is 0 Å². The molecule has 1 aromatic heterocycles. The van der Waals surface area contributed by atoms with Crippen LogP contribution < -0.4 is 5.32 Å². The van der Waals surface area contributed by atoms with E-state index < -0.39 is 0 Å². The minimum Gasteiger partial charge on any atom is -0.325 e. The predicted octanol–water partition coefficient (Wildman–Crippen LogP) is 3.89. The fourth-order valence-electron chi connectivity index (χ4n) is 2.25. The van der Waals surface area contributed by atoms with E-state index in [2.05, 4.69) is 53.1 Å². The Morgan fingerprint density at radius 1 is 1.22 bits per heavy atom. The molecule has 3 nitrogen and oxygen atoms in total. The Labute approximate surface area is 108 Å². The summed E-state index contributed by atoms with van der Waals surface area (Å²) < 4.78 is 2.27. The minimum atomic E-state index is 0.652. The number of nitrogens with zero attached hydrogens (tertiary/aromatic N) is 2. The number of benzene rings is 1. The molecule has 0 bridgehead atoms. The van der Waals surface area contributed by atoms with Gasteiger partial charge in [-0.05, 0) is 50.8 Å². The molecule has 1 N–H and O–H groups in total. The lowest BCUT2D eigenvalue weighted by atomic mass is 10.1. The molecular formula is C15H19N3. The first-order chi connectivity index (χ1) is 8.65. The summed E-state index contributed by atoms with van der Waals surface area (Å²) in [4.78, 5) is 4.59. The number of nitrogens with one attached hydrogen (secondary N) is 1. The van der Waals surface area contributed by atoms with Crippen LogP contribution in [-0.4, -0.2) is 9.55 Å². The van der Waals surface area contributed by atoms with Crippen molar-refractivity contribution in [2.24, 2.45) is 0 Å². The van der Waals surface area contributed by atoms with Crippen molar-refractivity contribution < 1.29 is 0 Å². The molecule has 0 saturated heterocycles. The molecule has 1 heterocycles. The number of anilines is 2. The van der Waals surface area contributed by atoms with E-state index in [0.717, 1.165) is 17.3 Å². The molecule has 94 valence electrons. The summed E-state index contributed by atoms with van der Waals surface area (Å²) in [5.74, 6) is 0.976. The average molecular weight is 241 g/mol. The third-order valence-electron chi connectivity index (χ3n) is 3.64. The lowest BCUT2D eigenvalue weighted by molar-refractivity contribution is 0.750. The summed E-state index contributed by atoms with van der Waals surface area (Å²) >= 11 is 0. The third-order valence-corrected chi connectivity index (χ3v) is 3.64. The SMILES string of the molecule is Cc1cn(C2CC2)c(Nc2cccc(C)c2C)n1. The second kappa shape index (κ2) is 4.16. The van der Waals surface area contributed by atoms with Gasteiger partial charge in [0.2, 0.25) is 5.95 Å². The van der Waals surface area contributed by atoms with Gasteiger partial charge in [-0.1, -0.05) is 12.1 Å². The number of aryl methyl sites for hydroxylation is 2. The van der Waals surface area contributed by atoms with Gasteiger partial charge >= 0.3 is 0 Å². The van der Waals surface area contributed by atoms with Crippen LogP contribution in [0, 0.1) is 20.8 Å². The van der Waals surface area contributed by atoms with Crippen molar-refractivity contribution in [1.82, 2.24) is 9.55 Å². The number of imidazole rings is 1. The molecular weight excluding hydrogens is 222 g/mol. The molecule has 1 fully saturated rings. The Balaban J connectivity index is 1.94. The Morgan fingerprint density at radius 2 is 2.00 bits per heavy atom. The van der Waals surface area contributed by atoms with Gasteiger partial charge in [0, 0.05) is 17.9 Å². The van der Waals surface area contributed by atoms with Gasteiger partial charge in [-0.15, -0.1) is 0 Å². The number of aromatic nitrogens is 2. The van der Waals surface area contributed by atoms with Crippen LogP contribution in [0.1, 0.15) is 35.7 Å². The van der Waals surface area contributed by atoms with Crippen LogP contribution in [0.3, 0.4) is 0 Å². The lowest BCUT2D eigenvalue weighted by Gasteiger charge is -2.12. The fraction of sp³-hybridized carbons (Fsp3) is 0.400. The van der Waals surface area contributed by atoms with Gasteiger partial charge in [-0.25, -0.2) is 4.98 Å². The zero-order chi connectivity index (χ0) is 12.7. The van der Waals surface area contributed by atoms with Gasteiger partial charge < -0.3 is 9.88 Å². The van der Waals surface area contributed by atoms with Crippen molar-refractivity contribution in [3.8, 4) is 0 Å². The molecule has 1 aliphatic rings. The second-order valence-corrected chi connectivity index (χ2v) is 5.22. The summed E-state index contributed by atoms with van der Waals surface area (Å²) in [5, 5.41) is 3.48. The summed E-state index contributed by atoms with van der Waals surface area (Å²) in [5.41, 5.74) is 4.83. The van der Waals surface area contributed by atoms with E-state index in [1.165, 1.54) is 24.0 Å². The Morgan fingerprint density at radius 3 is 2.72 bits per heavy atom. The van der Waals surface area contributed by atoms with Crippen LogP contribution in [0.2, 0.25) is 0 Å². The number of hydrogen-bond acceptors (Lipinski definition) is 2. The minimum absolute atomic E-state index is 0.652. The van der Waals surface area contributed by atoms with E-state index >= 15 is 0 Å². The molecule has 1 aromatic carbocycles. The van der Waals surface area contributed by atoms with Crippen molar-refractivity contribution in [2.45, 2.75) is 39.7 Å². The van der Waals surface area contributed by atoms with Crippen molar-refractivity contribution in [2.75, 3.05) is 5.32 Å². The van der Waals surface area contributed by atoms with Crippen molar-refractivity contribution >= 4 is 11.6 Å². The topological polar surface area (TPSA) is 29.9 Å². The monoisotopic (exact) mass is 241 g/mol. The molecule has 2 aromatic rings. The predicted molar refractivity (Wildman–Crippen MR) is 74.4 cm³/mol. The maximum Gasteiger partial charge on any atom is 0.207 e. The number of rotatable bonds is 3. The van der Waals surface area contributed by atoms with Gasteiger partial charge in [-0.2, -0.15) is 0 Å². The van der Waals surface area contributed by atoms with Crippen LogP contribution in [0.15, 0.2) is 24.4 Å². The number of hydrogen-bond donors (Lipinski definition) is 1. The molecule has 0 spiro atoms. The first kappa shape index (κ1) is 11.3. The molecule has 18 heavy (non-hydrogen) atoms. The first-order valence-electron chi connectivity index (χ1n) is 6.54. The van der Waals surface area contributed by atoms with Crippen LogP contribution in [0.4, 0.5) is 11.6 Å². The molecule has 0 amide bonds. The van der Waals surface area contributed by atoms with E-state index in [9.17, 15) is 0 Å². The van der Waals surface area contributed by atoms with E-state index in [1.807, 2.05) is 6.92 Å². The van der Waals surface area contributed by atoms with Crippen molar-refractivity contribution in [1.29, 1.82) is 0 Å². The summed E-state index contributed by atoms with van der Waals surface area (Å²) in [7, 11) is 0.